The quantitative estimate of drug-likeness (QED) is 0.126. The summed E-state index contributed by atoms with van der Waals surface area (Å²) in [6.07, 6.45) is -5.52. The molecule has 0 bridgehead atoms. The van der Waals surface area contributed by atoms with E-state index in [0.29, 0.717) is 32.1 Å². The van der Waals surface area contributed by atoms with Crippen molar-refractivity contribution in [3.63, 3.8) is 0 Å². The van der Waals surface area contributed by atoms with Gasteiger partial charge >= 0.3 is 10.4 Å². The van der Waals surface area contributed by atoms with E-state index in [1.807, 2.05) is 6.92 Å². The van der Waals surface area contributed by atoms with Crippen LogP contribution in [-0.2, 0) is 24.1 Å². The van der Waals surface area contributed by atoms with Crippen molar-refractivity contribution in [2.24, 2.45) is 46.3 Å². The third-order valence-electron chi connectivity index (χ3n) is 14.4. The Hall–Kier alpha value is -0.530. The van der Waals surface area contributed by atoms with E-state index in [1.165, 1.54) is 0 Å². The maximum atomic E-state index is 12.6. The van der Waals surface area contributed by atoms with Crippen LogP contribution in [0.2, 0.25) is 0 Å². The molecule has 4 saturated carbocycles. The smallest absolute Gasteiger partial charge is 0.394 e. The Kier molecular flexibility index (Phi) is 11.9. The van der Waals surface area contributed by atoms with Crippen LogP contribution in [0.3, 0.4) is 0 Å². The maximum absolute atomic E-state index is 12.6. The minimum Gasteiger partial charge on any atom is -0.394 e. The Morgan fingerprint density at radius 1 is 0.920 bits per heavy atom. The van der Waals surface area contributed by atoms with E-state index >= 15 is 0 Å². The minimum atomic E-state index is -5.02. The fourth-order valence-corrected chi connectivity index (χ4v) is 12.1. The predicted octanol–water partition coefficient (Wildman–Crippen LogP) is 0.900. The molecule has 4 aliphatic carbocycles. The van der Waals surface area contributed by atoms with Crippen LogP contribution in [-0.4, -0.2) is 127 Å². The molecule has 292 valence electrons. The molecule has 0 unspecified atom stereocenters. The van der Waals surface area contributed by atoms with Crippen molar-refractivity contribution in [2.75, 3.05) is 13.2 Å². The van der Waals surface area contributed by atoms with Crippen molar-refractivity contribution in [1.29, 1.82) is 0 Å². The standard InChI is InChI=1S/C35H62O14S/c1-18(2)20(10-13-47-31-29(49-50(44,45)46)28(41)27(40)24(17-36)48-31)7-6-19(3)22-14-23(38)30-32(22,4)11-9-25-33(5)12-8-21(37)15-35(33,43)26(39)16-34(25,30)42/h18-31,36-43H,6-17H2,1-5H3,(H,44,45,46)/t19-,20-,21+,22-,23+,24-,25-,26-,27-,28+,29-,30-,31-,32-,33-,34+,35+/m1/s1. The lowest BCUT2D eigenvalue weighted by Crippen LogP contribution is -2.75. The summed E-state index contributed by atoms with van der Waals surface area (Å²) in [6.45, 7) is 9.88. The van der Waals surface area contributed by atoms with Gasteiger partial charge in [0, 0.05) is 24.2 Å². The fourth-order valence-electron chi connectivity index (χ4n) is 11.6. The monoisotopic (exact) mass is 738 g/mol. The average molecular weight is 739 g/mol. The number of aliphatic hydroxyl groups excluding tert-OH is 6. The van der Waals surface area contributed by atoms with Gasteiger partial charge in [-0.3, -0.25) is 4.55 Å². The topological polar surface area (TPSA) is 244 Å². The molecule has 1 saturated heterocycles. The molecule has 0 amide bonds. The predicted molar refractivity (Wildman–Crippen MR) is 178 cm³/mol. The number of fused-ring (bicyclic) bond motifs is 5. The summed E-state index contributed by atoms with van der Waals surface area (Å²) in [6, 6.07) is 0. The molecule has 17 atom stereocenters. The van der Waals surface area contributed by atoms with E-state index in [4.69, 9.17) is 9.47 Å². The molecule has 5 aliphatic rings. The number of hydrogen-bond acceptors (Lipinski definition) is 13. The van der Waals surface area contributed by atoms with Gasteiger partial charge < -0.3 is 50.3 Å². The number of ether oxygens (including phenoxy) is 2. The van der Waals surface area contributed by atoms with Crippen molar-refractivity contribution in [2.45, 2.75) is 159 Å². The van der Waals surface area contributed by atoms with Crippen LogP contribution >= 0.6 is 0 Å². The summed E-state index contributed by atoms with van der Waals surface area (Å²) in [7, 11) is -5.02. The zero-order valence-corrected chi connectivity index (χ0v) is 30.9. The van der Waals surface area contributed by atoms with Crippen molar-refractivity contribution in [3.05, 3.63) is 0 Å². The first kappa shape index (κ1) is 40.7. The number of aliphatic hydroxyl groups is 8. The second-order valence-corrected chi connectivity index (χ2v) is 18.4. The maximum Gasteiger partial charge on any atom is 0.397 e. The number of rotatable bonds is 12. The van der Waals surface area contributed by atoms with E-state index in [1.54, 1.807) is 0 Å². The van der Waals surface area contributed by atoms with Gasteiger partial charge in [-0.05, 0) is 80.0 Å². The molecule has 0 radical (unpaired) electrons. The molecule has 0 aromatic rings. The fraction of sp³-hybridized carbons (Fsp3) is 1.00. The Morgan fingerprint density at radius 2 is 1.60 bits per heavy atom. The van der Waals surface area contributed by atoms with Crippen molar-refractivity contribution in [1.82, 2.24) is 0 Å². The van der Waals surface area contributed by atoms with E-state index in [0.717, 1.165) is 19.3 Å². The highest BCUT2D eigenvalue weighted by Crippen LogP contribution is 2.70. The van der Waals surface area contributed by atoms with E-state index < -0.39 is 94.0 Å². The van der Waals surface area contributed by atoms with Gasteiger partial charge in [0.15, 0.2) is 12.4 Å². The third kappa shape index (κ3) is 7.06. The molecular formula is C35H62O14S. The van der Waals surface area contributed by atoms with Gasteiger partial charge in [0.2, 0.25) is 0 Å². The first-order valence-corrected chi connectivity index (χ1v) is 19.9. The molecule has 0 aromatic carbocycles. The summed E-state index contributed by atoms with van der Waals surface area (Å²) < 4.78 is 47.9. The van der Waals surface area contributed by atoms with Gasteiger partial charge in [-0.2, -0.15) is 8.42 Å². The zero-order chi connectivity index (χ0) is 37.2. The molecule has 0 spiro atoms. The summed E-state index contributed by atoms with van der Waals surface area (Å²) in [5.41, 5.74) is -4.06. The van der Waals surface area contributed by atoms with Crippen LogP contribution in [0, 0.1) is 46.3 Å². The Balaban J connectivity index is 1.24. The molecule has 1 aliphatic heterocycles. The normalized spacial score (nSPS) is 49.2. The highest BCUT2D eigenvalue weighted by Gasteiger charge is 2.74. The van der Waals surface area contributed by atoms with E-state index in [2.05, 4.69) is 31.9 Å². The van der Waals surface area contributed by atoms with Gasteiger partial charge in [0.1, 0.15) is 18.3 Å². The Bertz CT molecular complexity index is 1290. The van der Waals surface area contributed by atoms with Crippen LogP contribution in [0.15, 0.2) is 0 Å². The molecule has 0 aromatic heterocycles. The molecule has 15 heteroatoms. The minimum absolute atomic E-state index is 0.0415. The first-order valence-electron chi connectivity index (χ1n) is 18.5. The Morgan fingerprint density at radius 3 is 2.22 bits per heavy atom. The summed E-state index contributed by atoms with van der Waals surface area (Å²) >= 11 is 0. The van der Waals surface area contributed by atoms with Gasteiger partial charge in [0.05, 0.1) is 42.7 Å². The zero-order valence-electron chi connectivity index (χ0n) is 30.0. The second kappa shape index (κ2) is 14.6. The van der Waals surface area contributed by atoms with Gasteiger partial charge in [-0.1, -0.05) is 41.0 Å². The van der Waals surface area contributed by atoms with Crippen molar-refractivity contribution in [3.8, 4) is 0 Å². The average Bonchev–Trinajstić information content (AvgIpc) is 3.29. The molecule has 1 heterocycles. The molecule has 14 nitrogen and oxygen atoms in total. The van der Waals surface area contributed by atoms with Crippen LogP contribution in [0.5, 0.6) is 0 Å². The van der Waals surface area contributed by atoms with Crippen LogP contribution in [0.1, 0.15) is 98.8 Å². The van der Waals surface area contributed by atoms with Crippen LogP contribution in [0.4, 0.5) is 0 Å². The molecule has 5 fully saturated rings. The van der Waals surface area contributed by atoms with Gasteiger partial charge in [-0.25, -0.2) is 4.18 Å². The molecule has 9 N–H and O–H groups in total. The summed E-state index contributed by atoms with van der Waals surface area (Å²) in [5, 5.41) is 88.0. The molecule has 5 rings (SSSR count). The van der Waals surface area contributed by atoms with Crippen LogP contribution < -0.4 is 0 Å². The lowest BCUT2D eigenvalue weighted by atomic mass is 9.40. The highest BCUT2D eigenvalue weighted by atomic mass is 32.3. The van der Waals surface area contributed by atoms with E-state index in [9.17, 15) is 53.8 Å². The SMILES string of the molecule is CC(C)[C@@H](CCO[C@@H]1O[C@H](CO)[C@@H](O)[C@H](O)[C@H]1OS(=O)(=O)O)CC[C@@H](C)[C@H]1C[C@H](O)[C@@H]2[C@]1(C)CC[C@H]1[C@@]2(O)C[C@@H](O)[C@@]2(O)C[C@@H](O)CC[C@]12C. The summed E-state index contributed by atoms with van der Waals surface area (Å²) in [4.78, 5) is 0. The molecule has 50 heavy (non-hydrogen) atoms. The number of hydrogen-bond donors (Lipinski definition) is 9. The highest BCUT2D eigenvalue weighted by molar-refractivity contribution is 7.80. The van der Waals surface area contributed by atoms with Crippen LogP contribution in [0.25, 0.3) is 0 Å². The second-order valence-electron chi connectivity index (χ2n) is 17.3. The Labute approximate surface area is 296 Å². The third-order valence-corrected chi connectivity index (χ3v) is 14.8. The lowest BCUT2D eigenvalue weighted by molar-refractivity contribution is -0.315. The van der Waals surface area contributed by atoms with Crippen molar-refractivity contribution >= 4 is 10.4 Å². The first-order chi connectivity index (χ1) is 23.1. The largest absolute Gasteiger partial charge is 0.397 e. The van der Waals surface area contributed by atoms with Crippen molar-refractivity contribution < 1.29 is 67.5 Å². The van der Waals surface area contributed by atoms with E-state index in [-0.39, 0.29) is 49.0 Å². The van der Waals surface area contributed by atoms with Gasteiger partial charge in [0.25, 0.3) is 0 Å². The summed E-state index contributed by atoms with van der Waals surface area (Å²) in [5.74, 6) is -0.101. The lowest BCUT2D eigenvalue weighted by Gasteiger charge is -2.68. The van der Waals surface area contributed by atoms with Gasteiger partial charge in [-0.15, -0.1) is 0 Å². The molecular weight excluding hydrogens is 676 g/mol.